The molecule has 1 aliphatic rings. The number of carbonyl (C=O) groups excluding carboxylic acids is 2. The van der Waals surface area contributed by atoms with Crippen molar-refractivity contribution in [3.63, 3.8) is 0 Å². The van der Waals surface area contributed by atoms with Gasteiger partial charge in [-0.15, -0.1) is 12.4 Å². The minimum Gasteiger partial charge on any atom is -0.381 e. The fourth-order valence-corrected chi connectivity index (χ4v) is 2.77. The molecule has 6 nitrogen and oxygen atoms in total. The number of carbonyl (C=O) groups is 2. The van der Waals surface area contributed by atoms with E-state index < -0.39 is 5.41 Å². The molecule has 2 amide bonds. The van der Waals surface area contributed by atoms with Crippen molar-refractivity contribution >= 4 is 35.6 Å². The minimum atomic E-state index is -0.553. The van der Waals surface area contributed by atoms with Gasteiger partial charge in [0.15, 0.2) is 0 Å². The van der Waals surface area contributed by atoms with E-state index in [0.717, 1.165) is 5.69 Å². The van der Waals surface area contributed by atoms with Gasteiger partial charge < -0.3 is 21.1 Å². The average molecular weight is 370 g/mol. The van der Waals surface area contributed by atoms with Crippen LogP contribution >= 0.6 is 12.4 Å². The van der Waals surface area contributed by atoms with Gasteiger partial charge in [0.25, 0.3) is 0 Å². The lowest BCUT2D eigenvalue weighted by Gasteiger charge is -2.34. The number of anilines is 2. The van der Waals surface area contributed by atoms with E-state index in [-0.39, 0.29) is 24.2 Å². The number of benzene rings is 1. The number of halogens is 1. The van der Waals surface area contributed by atoms with E-state index in [9.17, 15) is 9.59 Å². The van der Waals surface area contributed by atoms with Crippen LogP contribution in [-0.4, -0.2) is 31.6 Å². The quantitative estimate of drug-likeness (QED) is 0.718. The second-order valence-electron chi connectivity index (χ2n) is 6.77. The molecule has 1 aliphatic heterocycles. The summed E-state index contributed by atoms with van der Waals surface area (Å²) < 4.78 is 5.33. The number of ether oxygens (including phenoxy) is 1. The predicted molar refractivity (Wildman–Crippen MR) is 102 cm³/mol. The van der Waals surface area contributed by atoms with E-state index in [0.29, 0.717) is 50.6 Å². The highest BCUT2D eigenvalue weighted by atomic mass is 35.5. The van der Waals surface area contributed by atoms with Crippen molar-refractivity contribution in [2.45, 2.75) is 33.1 Å². The molecule has 0 aromatic heterocycles. The summed E-state index contributed by atoms with van der Waals surface area (Å²) in [5.41, 5.74) is 6.71. The van der Waals surface area contributed by atoms with Gasteiger partial charge in [0, 0.05) is 37.6 Å². The summed E-state index contributed by atoms with van der Waals surface area (Å²) in [6, 6.07) is 7.14. The third-order valence-electron chi connectivity index (χ3n) is 4.34. The molecular formula is C18H28ClN3O3. The Hall–Kier alpha value is -1.63. The highest BCUT2D eigenvalue weighted by molar-refractivity contribution is 5.96. The smallest absolute Gasteiger partial charge is 0.232 e. The van der Waals surface area contributed by atoms with Crippen molar-refractivity contribution < 1.29 is 14.3 Å². The molecule has 0 unspecified atom stereocenters. The Morgan fingerprint density at radius 3 is 2.12 bits per heavy atom. The molecule has 0 saturated carbocycles. The standard InChI is InChI=1S/C18H27N3O3.ClH/c1-13(2)11-16(22)20-14-3-5-15(6-4-14)21-17(23)18(12-19)7-9-24-10-8-18;/h3-6,13H,7-12,19H2,1-2H3,(H,20,22)(H,21,23);1H. The first kappa shape index (κ1) is 21.4. The maximum atomic E-state index is 12.6. The lowest BCUT2D eigenvalue weighted by Crippen LogP contribution is -2.46. The summed E-state index contributed by atoms with van der Waals surface area (Å²) in [5, 5.41) is 5.78. The molecule has 1 saturated heterocycles. The molecule has 140 valence electrons. The molecule has 0 spiro atoms. The summed E-state index contributed by atoms with van der Waals surface area (Å²) in [6.07, 6.45) is 1.76. The van der Waals surface area contributed by atoms with Gasteiger partial charge in [-0.25, -0.2) is 0 Å². The van der Waals surface area contributed by atoms with Crippen LogP contribution in [0, 0.1) is 11.3 Å². The van der Waals surface area contributed by atoms with Crippen molar-refractivity contribution in [3.05, 3.63) is 24.3 Å². The SMILES string of the molecule is CC(C)CC(=O)Nc1ccc(NC(=O)C2(CN)CCOCC2)cc1.Cl. The number of nitrogens with one attached hydrogen (secondary N) is 2. The Bertz CT molecular complexity index is 569. The van der Waals surface area contributed by atoms with Gasteiger partial charge in [-0.3, -0.25) is 9.59 Å². The Balaban J connectivity index is 0.00000312. The zero-order valence-corrected chi connectivity index (χ0v) is 15.7. The van der Waals surface area contributed by atoms with Crippen molar-refractivity contribution in [3.8, 4) is 0 Å². The van der Waals surface area contributed by atoms with Gasteiger partial charge >= 0.3 is 0 Å². The third kappa shape index (κ3) is 5.99. The van der Waals surface area contributed by atoms with Crippen LogP contribution in [0.2, 0.25) is 0 Å². The van der Waals surface area contributed by atoms with Crippen LogP contribution in [-0.2, 0) is 14.3 Å². The van der Waals surface area contributed by atoms with E-state index in [4.69, 9.17) is 10.5 Å². The fourth-order valence-electron chi connectivity index (χ4n) is 2.77. The van der Waals surface area contributed by atoms with Crippen LogP contribution in [0.1, 0.15) is 33.1 Å². The molecule has 1 fully saturated rings. The summed E-state index contributed by atoms with van der Waals surface area (Å²) in [4.78, 5) is 24.4. The number of amides is 2. The minimum absolute atomic E-state index is 0. The number of nitrogens with two attached hydrogens (primary N) is 1. The fraction of sp³-hybridized carbons (Fsp3) is 0.556. The van der Waals surface area contributed by atoms with Gasteiger partial charge in [-0.1, -0.05) is 13.8 Å². The highest BCUT2D eigenvalue weighted by Crippen LogP contribution is 2.31. The molecule has 1 aromatic rings. The second kappa shape index (κ2) is 9.75. The molecule has 0 aliphatic carbocycles. The summed E-state index contributed by atoms with van der Waals surface area (Å²) in [7, 11) is 0. The van der Waals surface area contributed by atoms with Crippen molar-refractivity contribution in [1.29, 1.82) is 0 Å². The molecular weight excluding hydrogens is 342 g/mol. The molecule has 1 heterocycles. The van der Waals surface area contributed by atoms with Crippen LogP contribution in [0.5, 0.6) is 0 Å². The topological polar surface area (TPSA) is 93.5 Å². The van der Waals surface area contributed by atoms with Gasteiger partial charge in [0.1, 0.15) is 0 Å². The predicted octanol–water partition coefficient (Wildman–Crippen LogP) is 2.79. The zero-order chi connectivity index (χ0) is 17.6. The van der Waals surface area contributed by atoms with Crippen LogP contribution in [0.15, 0.2) is 24.3 Å². The molecule has 1 aromatic carbocycles. The summed E-state index contributed by atoms with van der Waals surface area (Å²) >= 11 is 0. The van der Waals surface area contributed by atoms with Crippen LogP contribution < -0.4 is 16.4 Å². The number of hydrogen-bond donors (Lipinski definition) is 3. The molecule has 25 heavy (non-hydrogen) atoms. The average Bonchev–Trinajstić information content (AvgIpc) is 2.56. The number of rotatable bonds is 6. The first-order chi connectivity index (χ1) is 11.4. The van der Waals surface area contributed by atoms with Crippen LogP contribution in [0.4, 0.5) is 11.4 Å². The van der Waals surface area contributed by atoms with E-state index in [1.54, 1.807) is 24.3 Å². The summed E-state index contributed by atoms with van der Waals surface area (Å²) in [6.45, 7) is 5.44. The van der Waals surface area contributed by atoms with Crippen LogP contribution in [0.3, 0.4) is 0 Å². The molecule has 0 bridgehead atoms. The summed E-state index contributed by atoms with van der Waals surface area (Å²) in [5.74, 6) is 0.242. The van der Waals surface area contributed by atoms with Gasteiger partial charge in [0.05, 0.1) is 5.41 Å². The molecule has 2 rings (SSSR count). The van der Waals surface area contributed by atoms with Crippen molar-refractivity contribution in [1.82, 2.24) is 0 Å². The van der Waals surface area contributed by atoms with Gasteiger partial charge in [-0.05, 0) is 43.0 Å². The molecule has 4 N–H and O–H groups in total. The second-order valence-corrected chi connectivity index (χ2v) is 6.77. The lowest BCUT2D eigenvalue weighted by atomic mass is 9.79. The molecule has 0 radical (unpaired) electrons. The van der Waals surface area contributed by atoms with E-state index in [1.165, 1.54) is 0 Å². The number of hydrogen-bond acceptors (Lipinski definition) is 4. The highest BCUT2D eigenvalue weighted by Gasteiger charge is 2.38. The lowest BCUT2D eigenvalue weighted by molar-refractivity contribution is -0.130. The first-order valence-corrected chi connectivity index (χ1v) is 8.44. The van der Waals surface area contributed by atoms with Crippen molar-refractivity contribution in [2.24, 2.45) is 17.1 Å². The van der Waals surface area contributed by atoms with Crippen molar-refractivity contribution in [2.75, 3.05) is 30.4 Å². The Morgan fingerprint density at radius 1 is 1.12 bits per heavy atom. The van der Waals surface area contributed by atoms with Crippen LogP contribution in [0.25, 0.3) is 0 Å². The Morgan fingerprint density at radius 2 is 1.64 bits per heavy atom. The van der Waals surface area contributed by atoms with E-state index in [1.807, 2.05) is 13.8 Å². The normalized spacial score (nSPS) is 16.0. The van der Waals surface area contributed by atoms with Gasteiger partial charge in [0.2, 0.25) is 11.8 Å². The monoisotopic (exact) mass is 369 g/mol. The zero-order valence-electron chi connectivity index (χ0n) is 14.8. The maximum Gasteiger partial charge on any atom is 0.232 e. The molecule has 7 heteroatoms. The largest absolute Gasteiger partial charge is 0.381 e. The Labute approximate surface area is 155 Å². The maximum absolute atomic E-state index is 12.6. The first-order valence-electron chi connectivity index (χ1n) is 8.44. The Kier molecular flexibility index (Phi) is 8.35. The third-order valence-corrected chi connectivity index (χ3v) is 4.34. The van der Waals surface area contributed by atoms with Gasteiger partial charge in [-0.2, -0.15) is 0 Å². The molecule has 0 atom stereocenters. The van der Waals surface area contributed by atoms with E-state index >= 15 is 0 Å². The van der Waals surface area contributed by atoms with E-state index in [2.05, 4.69) is 10.6 Å².